The Hall–Kier alpha value is -4.30. The molecular weight excluding hydrogens is 524 g/mol. The molecule has 0 saturated carbocycles. The Kier molecular flexibility index (Phi) is 8.15. The van der Waals surface area contributed by atoms with Crippen molar-refractivity contribution in [3.05, 3.63) is 96.2 Å². The molecular formula is C34H40N6O2. The average Bonchev–Trinajstić information content (AvgIpc) is 3.43. The molecule has 8 heteroatoms. The van der Waals surface area contributed by atoms with Crippen LogP contribution in [0, 0.1) is 5.92 Å². The van der Waals surface area contributed by atoms with Crippen molar-refractivity contribution in [2.75, 3.05) is 63.2 Å². The van der Waals surface area contributed by atoms with Crippen LogP contribution in [-0.4, -0.2) is 86.1 Å². The predicted octanol–water partition coefficient (Wildman–Crippen LogP) is 4.38. The van der Waals surface area contributed by atoms with Crippen molar-refractivity contribution in [2.24, 2.45) is 5.92 Å². The maximum absolute atomic E-state index is 14.5. The Morgan fingerprint density at radius 3 is 2.43 bits per heavy atom. The molecule has 1 saturated heterocycles. The predicted molar refractivity (Wildman–Crippen MR) is 169 cm³/mol. The lowest BCUT2D eigenvalue weighted by molar-refractivity contribution is -0.120. The molecule has 218 valence electrons. The van der Waals surface area contributed by atoms with E-state index >= 15 is 0 Å². The van der Waals surface area contributed by atoms with Crippen molar-refractivity contribution >= 4 is 34.2 Å². The first-order valence-electron chi connectivity index (χ1n) is 14.9. The molecule has 8 nitrogen and oxygen atoms in total. The van der Waals surface area contributed by atoms with Gasteiger partial charge in [0.05, 0.1) is 0 Å². The van der Waals surface area contributed by atoms with E-state index in [1.54, 1.807) is 0 Å². The van der Waals surface area contributed by atoms with E-state index in [4.69, 9.17) is 0 Å². The number of urea groups is 1. The van der Waals surface area contributed by atoms with Crippen molar-refractivity contribution in [1.82, 2.24) is 20.1 Å². The number of anilines is 2. The van der Waals surface area contributed by atoms with Gasteiger partial charge >= 0.3 is 6.03 Å². The number of amides is 3. The molecule has 0 spiro atoms. The summed E-state index contributed by atoms with van der Waals surface area (Å²) in [6.07, 6.45) is 3.31. The van der Waals surface area contributed by atoms with E-state index < -0.39 is 6.04 Å². The number of piperazine rings is 1. The molecule has 3 amide bonds. The number of fused-ring (bicyclic) bond motifs is 2. The van der Waals surface area contributed by atoms with Crippen molar-refractivity contribution in [1.29, 1.82) is 0 Å². The summed E-state index contributed by atoms with van der Waals surface area (Å²) in [6.45, 7) is 4.24. The SMILES string of the molecule is CN(C)C[C@@H]1Cc2ccccc2N(C(=O)[C@@H](Cc2c[nH]c3ccccc23)NC(=O)N2CCN(c3ccccc3)CC2)C1. The number of carbonyl (C=O) groups is 2. The molecule has 1 aromatic heterocycles. The summed E-state index contributed by atoms with van der Waals surface area (Å²) in [5, 5.41) is 4.26. The summed E-state index contributed by atoms with van der Waals surface area (Å²) in [7, 11) is 4.15. The molecule has 0 aliphatic carbocycles. The summed E-state index contributed by atoms with van der Waals surface area (Å²) in [5.41, 5.74) is 5.34. The number of benzene rings is 3. The Morgan fingerprint density at radius 2 is 1.64 bits per heavy atom. The minimum atomic E-state index is -0.699. The number of hydrogen-bond donors (Lipinski definition) is 2. The average molecular weight is 565 g/mol. The molecule has 2 atom stereocenters. The van der Waals surface area contributed by atoms with Gasteiger partial charge in [0.15, 0.2) is 0 Å². The zero-order valence-corrected chi connectivity index (χ0v) is 24.5. The summed E-state index contributed by atoms with van der Waals surface area (Å²) in [4.78, 5) is 39.7. The van der Waals surface area contributed by atoms with Crippen molar-refractivity contribution in [3.8, 4) is 0 Å². The Morgan fingerprint density at radius 1 is 0.929 bits per heavy atom. The first-order valence-corrected chi connectivity index (χ1v) is 14.9. The molecule has 4 aromatic rings. The summed E-state index contributed by atoms with van der Waals surface area (Å²) in [5.74, 6) is 0.252. The molecule has 1 fully saturated rings. The molecule has 2 N–H and O–H groups in total. The van der Waals surface area contributed by atoms with Crippen LogP contribution in [0.15, 0.2) is 85.1 Å². The van der Waals surface area contributed by atoms with Crippen LogP contribution in [0.4, 0.5) is 16.2 Å². The highest BCUT2D eigenvalue weighted by Crippen LogP contribution is 2.31. The molecule has 0 bridgehead atoms. The quantitative estimate of drug-likeness (QED) is 0.350. The van der Waals surface area contributed by atoms with Crippen LogP contribution >= 0.6 is 0 Å². The number of aromatic amines is 1. The van der Waals surface area contributed by atoms with Gasteiger partial charge in [-0.05, 0) is 61.8 Å². The summed E-state index contributed by atoms with van der Waals surface area (Å²) >= 11 is 0. The molecule has 2 aliphatic rings. The zero-order valence-electron chi connectivity index (χ0n) is 24.5. The first-order chi connectivity index (χ1) is 20.5. The van der Waals surface area contributed by atoms with Crippen LogP contribution in [0.1, 0.15) is 11.1 Å². The summed E-state index contributed by atoms with van der Waals surface area (Å²) in [6, 6.07) is 25.7. The van der Waals surface area contributed by atoms with Crippen molar-refractivity contribution in [3.63, 3.8) is 0 Å². The second kappa shape index (κ2) is 12.3. The van der Waals surface area contributed by atoms with E-state index in [9.17, 15) is 9.59 Å². The Balaban J connectivity index is 1.24. The zero-order chi connectivity index (χ0) is 29.1. The number of nitrogens with zero attached hydrogens (tertiary/aromatic N) is 4. The van der Waals surface area contributed by atoms with Gasteiger partial charge in [-0.3, -0.25) is 4.79 Å². The topological polar surface area (TPSA) is 74.9 Å². The van der Waals surface area contributed by atoms with E-state index in [2.05, 4.69) is 58.5 Å². The maximum Gasteiger partial charge on any atom is 0.318 e. The molecule has 42 heavy (non-hydrogen) atoms. The Labute approximate surface area is 247 Å². The van der Waals surface area contributed by atoms with E-state index in [0.717, 1.165) is 48.2 Å². The van der Waals surface area contributed by atoms with Crippen molar-refractivity contribution in [2.45, 2.75) is 18.9 Å². The first kappa shape index (κ1) is 27.8. The third kappa shape index (κ3) is 5.99. The fourth-order valence-corrected chi connectivity index (χ4v) is 6.48. The van der Waals surface area contributed by atoms with Gasteiger partial charge in [-0.15, -0.1) is 0 Å². The lowest BCUT2D eigenvalue weighted by Crippen LogP contribution is -2.58. The molecule has 3 heterocycles. The van der Waals surface area contributed by atoms with Crippen LogP contribution in [0.5, 0.6) is 0 Å². The minimum absolute atomic E-state index is 0.0625. The van der Waals surface area contributed by atoms with Gasteiger partial charge in [0.2, 0.25) is 5.91 Å². The van der Waals surface area contributed by atoms with Crippen molar-refractivity contribution < 1.29 is 9.59 Å². The monoisotopic (exact) mass is 564 g/mol. The second-order valence-corrected chi connectivity index (χ2v) is 11.8. The summed E-state index contributed by atoms with van der Waals surface area (Å²) < 4.78 is 0. The number of carbonyl (C=O) groups excluding carboxylic acids is 2. The maximum atomic E-state index is 14.5. The lowest BCUT2D eigenvalue weighted by atomic mass is 9.91. The highest BCUT2D eigenvalue weighted by molar-refractivity contribution is 6.00. The number of para-hydroxylation sites is 3. The van der Waals surface area contributed by atoms with Crippen LogP contribution in [0.25, 0.3) is 10.9 Å². The number of rotatable bonds is 7. The molecule has 3 aromatic carbocycles. The van der Waals surface area contributed by atoms with E-state index in [0.29, 0.717) is 32.0 Å². The van der Waals surface area contributed by atoms with Gasteiger partial charge < -0.3 is 29.9 Å². The van der Waals surface area contributed by atoms with E-state index in [-0.39, 0.29) is 11.9 Å². The lowest BCUT2D eigenvalue weighted by Gasteiger charge is -2.39. The number of nitrogens with one attached hydrogen (secondary N) is 2. The second-order valence-electron chi connectivity index (χ2n) is 11.8. The van der Waals surface area contributed by atoms with E-state index in [1.807, 2.05) is 70.6 Å². The number of hydrogen-bond acceptors (Lipinski definition) is 4. The molecule has 0 unspecified atom stereocenters. The standard InChI is InChI=1S/C34H40N6O2/c1-37(2)23-25-20-26-10-6-9-15-32(26)40(24-25)33(41)31(21-27-22-35-30-14-8-7-13-29(27)30)36-34(42)39-18-16-38(17-19-39)28-11-4-3-5-12-28/h3-15,22,25,31,35H,16-21,23-24H2,1-2H3,(H,36,42)/t25-,31+/m0/s1. The van der Waals surface area contributed by atoms with Gasteiger partial charge in [-0.25, -0.2) is 4.79 Å². The van der Waals surface area contributed by atoms with Gasteiger partial charge in [-0.2, -0.15) is 0 Å². The minimum Gasteiger partial charge on any atom is -0.368 e. The smallest absolute Gasteiger partial charge is 0.318 e. The van der Waals surface area contributed by atoms with Crippen LogP contribution in [0.3, 0.4) is 0 Å². The third-order valence-electron chi connectivity index (χ3n) is 8.50. The highest BCUT2D eigenvalue weighted by Gasteiger charge is 2.35. The largest absolute Gasteiger partial charge is 0.368 e. The van der Waals surface area contributed by atoms with E-state index in [1.165, 1.54) is 11.3 Å². The van der Waals surface area contributed by atoms with Gasteiger partial charge in [0.25, 0.3) is 0 Å². The van der Waals surface area contributed by atoms with Crippen LogP contribution < -0.4 is 15.1 Å². The van der Waals surface area contributed by atoms with Gasteiger partial charge in [-0.1, -0.05) is 54.6 Å². The fourth-order valence-electron chi connectivity index (χ4n) is 6.48. The number of H-pyrrole nitrogens is 1. The van der Waals surface area contributed by atoms with Crippen LogP contribution in [0.2, 0.25) is 0 Å². The fraction of sp³-hybridized carbons (Fsp3) is 0.353. The molecule has 2 aliphatic heterocycles. The van der Waals surface area contributed by atoms with Gasteiger partial charge in [0.1, 0.15) is 6.04 Å². The molecule has 6 rings (SSSR count). The third-order valence-corrected chi connectivity index (χ3v) is 8.50. The normalized spacial score (nSPS) is 17.8. The molecule has 0 radical (unpaired) electrons. The highest BCUT2D eigenvalue weighted by atomic mass is 16.2. The Bertz CT molecular complexity index is 1530. The number of aromatic nitrogens is 1. The van der Waals surface area contributed by atoms with Gasteiger partial charge in [0, 0.05) is 74.2 Å². The van der Waals surface area contributed by atoms with Crippen LogP contribution in [-0.2, 0) is 17.6 Å².